The number of rotatable bonds is 3. The number of nitrogens with zero attached hydrogens (tertiary/aromatic N) is 1. The molecule has 2 rings (SSSR count). The summed E-state index contributed by atoms with van der Waals surface area (Å²) in [6.45, 7) is 4.03. The quantitative estimate of drug-likeness (QED) is 0.925. The lowest BCUT2D eigenvalue weighted by Crippen LogP contribution is -2.37. The van der Waals surface area contributed by atoms with Crippen LogP contribution in [0.4, 0.5) is 5.69 Å². The van der Waals surface area contributed by atoms with Crippen molar-refractivity contribution in [3.05, 3.63) is 29.8 Å². The first-order valence-corrected chi connectivity index (χ1v) is 8.26. The summed E-state index contributed by atoms with van der Waals surface area (Å²) in [5.74, 6) is 0. The largest absolute Gasteiger partial charge is 0.313 e. The molecule has 1 atom stereocenters. The van der Waals surface area contributed by atoms with Crippen molar-refractivity contribution in [2.75, 3.05) is 17.9 Å². The molecule has 1 aliphatic heterocycles. The van der Waals surface area contributed by atoms with Gasteiger partial charge in [0, 0.05) is 12.6 Å². The molecule has 1 heterocycles. The van der Waals surface area contributed by atoms with E-state index < -0.39 is 15.3 Å². The molecule has 0 bridgehead atoms. The maximum absolute atomic E-state index is 12.5. The SMILES string of the molecule is CNC1CCCN(S(=O)(=O)C(C)C)c2ccccc21. The number of nitrogens with one attached hydrogen (secondary N) is 1. The lowest BCUT2D eigenvalue weighted by molar-refractivity contribution is 0.542. The zero-order valence-electron chi connectivity index (χ0n) is 11.8. The fraction of sp³-hybridized carbons (Fsp3) is 0.571. The van der Waals surface area contributed by atoms with Gasteiger partial charge in [0.15, 0.2) is 0 Å². The molecule has 0 spiro atoms. The second kappa shape index (κ2) is 5.51. The van der Waals surface area contributed by atoms with Gasteiger partial charge in [-0.25, -0.2) is 8.42 Å². The highest BCUT2D eigenvalue weighted by Crippen LogP contribution is 2.34. The van der Waals surface area contributed by atoms with E-state index in [0.29, 0.717) is 6.54 Å². The monoisotopic (exact) mass is 282 g/mol. The molecule has 0 saturated carbocycles. The normalized spacial score (nSPS) is 20.2. The van der Waals surface area contributed by atoms with E-state index in [1.807, 2.05) is 31.3 Å². The van der Waals surface area contributed by atoms with Crippen LogP contribution in [0.2, 0.25) is 0 Å². The molecule has 1 aromatic carbocycles. The predicted octanol–water partition coefficient (Wildman–Crippen LogP) is 2.29. The average molecular weight is 282 g/mol. The second-order valence-corrected chi connectivity index (χ2v) is 7.62. The molecule has 1 N–H and O–H groups in total. The van der Waals surface area contributed by atoms with E-state index in [0.717, 1.165) is 24.1 Å². The van der Waals surface area contributed by atoms with Crippen molar-refractivity contribution < 1.29 is 8.42 Å². The summed E-state index contributed by atoms with van der Waals surface area (Å²) in [6, 6.07) is 8.02. The third-order valence-corrected chi connectivity index (χ3v) is 5.87. The Hall–Kier alpha value is -1.07. The second-order valence-electron chi connectivity index (χ2n) is 5.21. The van der Waals surface area contributed by atoms with Crippen LogP contribution in [0.5, 0.6) is 0 Å². The summed E-state index contributed by atoms with van der Waals surface area (Å²) in [7, 11) is -1.34. The van der Waals surface area contributed by atoms with E-state index in [-0.39, 0.29) is 6.04 Å². The number of anilines is 1. The third-order valence-electron chi connectivity index (χ3n) is 3.69. The smallest absolute Gasteiger partial charge is 0.237 e. The van der Waals surface area contributed by atoms with Gasteiger partial charge in [0.1, 0.15) is 0 Å². The zero-order chi connectivity index (χ0) is 14.0. The Morgan fingerprint density at radius 1 is 1.32 bits per heavy atom. The Labute approximate surface area is 115 Å². The number of hydrogen-bond donors (Lipinski definition) is 1. The van der Waals surface area contributed by atoms with Crippen LogP contribution in [0.3, 0.4) is 0 Å². The van der Waals surface area contributed by atoms with Crippen molar-refractivity contribution >= 4 is 15.7 Å². The van der Waals surface area contributed by atoms with E-state index in [1.165, 1.54) is 0 Å². The summed E-state index contributed by atoms with van der Waals surface area (Å²) in [4.78, 5) is 0. The number of fused-ring (bicyclic) bond motifs is 1. The zero-order valence-corrected chi connectivity index (χ0v) is 12.6. The Morgan fingerprint density at radius 3 is 2.63 bits per heavy atom. The molecule has 19 heavy (non-hydrogen) atoms. The highest BCUT2D eigenvalue weighted by atomic mass is 32.2. The van der Waals surface area contributed by atoms with Gasteiger partial charge in [0.25, 0.3) is 0 Å². The molecule has 1 aromatic rings. The summed E-state index contributed by atoms with van der Waals surface area (Å²) < 4.78 is 26.6. The Kier molecular flexibility index (Phi) is 4.16. The van der Waals surface area contributed by atoms with Crippen molar-refractivity contribution in [2.45, 2.75) is 38.0 Å². The molecule has 0 aromatic heterocycles. The van der Waals surface area contributed by atoms with Gasteiger partial charge in [-0.1, -0.05) is 18.2 Å². The Bertz CT molecular complexity index is 540. The van der Waals surface area contributed by atoms with E-state index in [2.05, 4.69) is 5.32 Å². The maximum Gasteiger partial charge on any atom is 0.237 e. The molecule has 106 valence electrons. The number of para-hydroxylation sites is 1. The van der Waals surface area contributed by atoms with Gasteiger partial charge >= 0.3 is 0 Å². The van der Waals surface area contributed by atoms with Gasteiger partial charge in [-0.3, -0.25) is 4.31 Å². The van der Waals surface area contributed by atoms with Crippen molar-refractivity contribution in [1.82, 2.24) is 5.32 Å². The number of hydrogen-bond acceptors (Lipinski definition) is 3. The lowest BCUT2D eigenvalue weighted by atomic mass is 10.0. The minimum Gasteiger partial charge on any atom is -0.313 e. The minimum atomic E-state index is -3.26. The van der Waals surface area contributed by atoms with E-state index in [4.69, 9.17) is 0 Å². The van der Waals surface area contributed by atoms with Crippen LogP contribution < -0.4 is 9.62 Å². The van der Waals surface area contributed by atoms with Gasteiger partial charge in [-0.05, 0) is 45.4 Å². The molecule has 1 unspecified atom stereocenters. The van der Waals surface area contributed by atoms with Crippen LogP contribution in [-0.4, -0.2) is 27.3 Å². The molecule has 0 amide bonds. The highest BCUT2D eigenvalue weighted by molar-refractivity contribution is 7.93. The van der Waals surface area contributed by atoms with Crippen LogP contribution in [-0.2, 0) is 10.0 Å². The van der Waals surface area contributed by atoms with Gasteiger partial charge in [-0.2, -0.15) is 0 Å². The van der Waals surface area contributed by atoms with E-state index in [9.17, 15) is 8.42 Å². The van der Waals surface area contributed by atoms with Crippen molar-refractivity contribution in [1.29, 1.82) is 0 Å². The van der Waals surface area contributed by atoms with Gasteiger partial charge in [0.2, 0.25) is 10.0 Å². The molecule has 4 nitrogen and oxygen atoms in total. The van der Waals surface area contributed by atoms with Crippen molar-refractivity contribution in [2.24, 2.45) is 0 Å². The average Bonchev–Trinajstić information content (AvgIpc) is 2.57. The molecule has 0 aliphatic carbocycles. The Morgan fingerprint density at radius 2 is 2.00 bits per heavy atom. The van der Waals surface area contributed by atoms with Crippen LogP contribution in [0.1, 0.15) is 38.3 Å². The van der Waals surface area contributed by atoms with Gasteiger partial charge in [0.05, 0.1) is 10.9 Å². The highest BCUT2D eigenvalue weighted by Gasteiger charge is 2.31. The molecule has 5 heteroatoms. The third kappa shape index (κ3) is 2.62. The van der Waals surface area contributed by atoms with Crippen LogP contribution in [0, 0.1) is 0 Å². The first-order valence-electron chi connectivity index (χ1n) is 6.76. The van der Waals surface area contributed by atoms with Crippen LogP contribution in [0.15, 0.2) is 24.3 Å². The van der Waals surface area contributed by atoms with Crippen LogP contribution >= 0.6 is 0 Å². The van der Waals surface area contributed by atoms with Crippen molar-refractivity contribution in [3.63, 3.8) is 0 Å². The number of sulfonamides is 1. The van der Waals surface area contributed by atoms with Gasteiger partial charge in [-0.15, -0.1) is 0 Å². The van der Waals surface area contributed by atoms with Gasteiger partial charge < -0.3 is 5.32 Å². The fourth-order valence-corrected chi connectivity index (χ4v) is 3.88. The molecule has 0 radical (unpaired) electrons. The molecular formula is C14H22N2O2S. The first kappa shape index (κ1) is 14.3. The van der Waals surface area contributed by atoms with E-state index in [1.54, 1.807) is 18.2 Å². The first-order chi connectivity index (χ1) is 8.98. The summed E-state index contributed by atoms with van der Waals surface area (Å²) in [6.07, 6.45) is 1.82. The minimum absolute atomic E-state index is 0.226. The van der Waals surface area contributed by atoms with Crippen LogP contribution in [0.25, 0.3) is 0 Å². The van der Waals surface area contributed by atoms with Crippen molar-refractivity contribution in [3.8, 4) is 0 Å². The summed E-state index contributed by atoms with van der Waals surface area (Å²) in [5, 5.41) is 2.88. The molecule has 0 fully saturated rings. The topological polar surface area (TPSA) is 49.4 Å². The Balaban J connectivity index is 2.53. The maximum atomic E-state index is 12.5. The summed E-state index contributed by atoms with van der Waals surface area (Å²) >= 11 is 0. The lowest BCUT2D eigenvalue weighted by Gasteiger charge is -2.27. The molecule has 0 saturated heterocycles. The number of benzene rings is 1. The molecular weight excluding hydrogens is 260 g/mol. The summed E-state index contributed by atoms with van der Waals surface area (Å²) in [5.41, 5.74) is 1.90. The molecule has 1 aliphatic rings. The standard InChI is InChI=1S/C14H22N2O2S/c1-11(2)19(17,18)16-10-6-8-13(15-3)12-7-4-5-9-14(12)16/h4-5,7,9,11,13,15H,6,8,10H2,1-3H3. The van der Waals surface area contributed by atoms with E-state index >= 15 is 0 Å². The fourth-order valence-electron chi connectivity index (χ4n) is 2.54. The predicted molar refractivity (Wildman–Crippen MR) is 78.9 cm³/mol.